The van der Waals surface area contributed by atoms with Crippen LogP contribution in [0.15, 0.2) is 91.0 Å². The highest BCUT2D eigenvalue weighted by Crippen LogP contribution is 2.43. The number of ether oxygens (including phenoxy) is 1. The lowest BCUT2D eigenvalue weighted by Gasteiger charge is -2.37. The van der Waals surface area contributed by atoms with Crippen molar-refractivity contribution >= 4 is 11.9 Å². The maximum Gasteiger partial charge on any atom is 0.320 e. The molecule has 4 rings (SSSR count). The molecule has 0 aliphatic carbocycles. The standard InChI is InChI=1S/C29H33N3O3/c30-28(34)29(24-12-6-2-7-13-24,25-14-8-3-9-15-25)26-16-18-32(21-26)19-17-31-20-27(33)35-22-23-10-4-1-5-11-23/h1-15,26,31H,16-22H2,(H2,30,34)/t26-/m1/s1. The fourth-order valence-electron chi connectivity index (χ4n) is 5.13. The van der Waals surface area contributed by atoms with Crippen LogP contribution < -0.4 is 11.1 Å². The largest absolute Gasteiger partial charge is 0.460 e. The van der Waals surface area contributed by atoms with Crippen molar-refractivity contribution in [2.75, 3.05) is 32.7 Å². The lowest BCUT2D eigenvalue weighted by atomic mass is 9.64. The molecule has 1 heterocycles. The van der Waals surface area contributed by atoms with Crippen LogP contribution in [0.25, 0.3) is 0 Å². The molecule has 0 unspecified atom stereocenters. The Kier molecular flexibility index (Phi) is 8.29. The van der Waals surface area contributed by atoms with Gasteiger partial charge in [-0.05, 0) is 35.6 Å². The number of nitrogens with two attached hydrogens (primary N) is 1. The number of benzene rings is 3. The van der Waals surface area contributed by atoms with Crippen molar-refractivity contribution in [2.24, 2.45) is 11.7 Å². The third kappa shape index (κ3) is 5.78. The first-order valence-corrected chi connectivity index (χ1v) is 12.1. The van der Waals surface area contributed by atoms with E-state index in [4.69, 9.17) is 10.5 Å². The number of carbonyl (C=O) groups is 2. The zero-order valence-corrected chi connectivity index (χ0v) is 19.9. The summed E-state index contributed by atoms with van der Waals surface area (Å²) in [4.78, 5) is 27.5. The minimum atomic E-state index is -0.883. The van der Waals surface area contributed by atoms with E-state index in [9.17, 15) is 9.59 Å². The Labute approximate surface area is 207 Å². The van der Waals surface area contributed by atoms with Gasteiger partial charge in [0, 0.05) is 19.6 Å². The fourth-order valence-corrected chi connectivity index (χ4v) is 5.13. The fraction of sp³-hybridized carbons (Fsp3) is 0.310. The van der Waals surface area contributed by atoms with Crippen LogP contribution in [0.1, 0.15) is 23.1 Å². The molecule has 1 aliphatic rings. The van der Waals surface area contributed by atoms with Gasteiger partial charge >= 0.3 is 5.97 Å². The highest BCUT2D eigenvalue weighted by atomic mass is 16.5. The average molecular weight is 472 g/mol. The molecule has 1 atom stereocenters. The van der Waals surface area contributed by atoms with E-state index in [2.05, 4.69) is 10.2 Å². The second-order valence-corrected chi connectivity index (χ2v) is 9.01. The summed E-state index contributed by atoms with van der Waals surface area (Å²) in [5, 5.41) is 3.18. The van der Waals surface area contributed by atoms with Gasteiger partial charge in [0.05, 0.1) is 6.54 Å². The Balaban J connectivity index is 1.34. The smallest absolute Gasteiger partial charge is 0.320 e. The van der Waals surface area contributed by atoms with Crippen molar-refractivity contribution in [3.63, 3.8) is 0 Å². The molecule has 182 valence electrons. The summed E-state index contributed by atoms with van der Waals surface area (Å²) >= 11 is 0. The van der Waals surface area contributed by atoms with Crippen molar-refractivity contribution in [1.82, 2.24) is 10.2 Å². The quantitative estimate of drug-likeness (QED) is 0.332. The van der Waals surface area contributed by atoms with Crippen molar-refractivity contribution in [2.45, 2.75) is 18.4 Å². The van der Waals surface area contributed by atoms with Crippen LogP contribution in [0, 0.1) is 5.92 Å². The maximum atomic E-state index is 13.2. The molecular weight excluding hydrogens is 438 g/mol. The van der Waals surface area contributed by atoms with Crippen LogP contribution in [0.5, 0.6) is 0 Å². The Morgan fingerprint density at radius 2 is 1.49 bits per heavy atom. The van der Waals surface area contributed by atoms with Gasteiger partial charge in [-0.25, -0.2) is 0 Å². The Morgan fingerprint density at radius 1 is 0.914 bits per heavy atom. The summed E-state index contributed by atoms with van der Waals surface area (Å²) in [5.74, 6) is -0.532. The second kappa shape index (κ2) is 11.8. The molecule has 0 radical (unpaired) electrons. The molecule has 35 heavy (non-hydrogen) atoms. The first-order chi connectivity index (χ1) is 17.1. The second-order valence-electron chi connectivity index (χ2n) is 9.01. The van der Waals surface area contributed by atoms with Gasteiger partial charge in [-0.15, -0.1) is 0 Å². The predicted octanol–water partition coefficient (Wildman–Crippen LogP) is 3.11. The Bertz CT molecular complexity index is 1050. The van der Waals surface area contributed by atoms with Crippen molar-refractivity contribution < 1.29 is 14.3 Å². The van der Waals surface area contributed by atoms with E-state index in [1.165, 1.54) is 0 Å². The van der Waals surface area contributed by atoms with Gasteiger partial charge in [-0.3, -0.25) is 9.59 Å². The Hall–Kier alpha value is -3.48. The molecule has 1 saturated heterocycles. The van der Waals surface area contributed by atoms with Gasteiger partial charge in [-0.2, -0.15) is 0 Å². The van der Waals surface area contributed by atoms with Gasteiger partial charge in [0.15, 0.2) is 0 Å². The number of esters is 1. The van der Waals surface area contributed by atoms with Crippen LogP contribution in [-0.2, 0) is 26.3 Å². The van der Waals surface area contributed by atoms with Crippen molar-refractivity contribution in [3.8, 4) is 0 Å². The summed E-state index contributed by atoms with van der Waals surface area (Å²) in [6.45, 7) is 3.52. The van der Waals surface area contributed by atoms with Crippen molar-refractivity contribution in [1.29, 1.82) is 0 Å². The minimum Gasteiger partial charge on any atom is -0.460 e. The van der Waals surface area contributed by atoms with E-state index in [-0.39, 0.29) is 30.9 Å². The maximum absolute atomic E-state index is 13.2. The van der Waals surface area contributed by atoms with Gasteiger partial charge in [0.25, 0.3) is 0 Å². The highest BCUT2D eigenvalue weighted by molar-refractivity contribution is 5.91. The number of likely N-dealkylation sites (tertiary alicyclic amines) is 1. The molecule has 0 aromatic heterocycles. The number of nitrogens with one attached hydrogen (secondary N) is 1. The third-order valence-electron chi connectivity index (χ3n) is 6.85. The monoisotopic (exact) mass is 471 g/mol. The predicted molar refractivity (Wildman–Crippen MR) is 137 cm³/mol. The highest BCUT2D eigenvalue weighted by Gasteiger charge is 2.49. The summed E-state index contributed by atoms with van der Waals surface area (Å²) < 4.78 is 5.32. The number of primary amides is 1. The van der Waals surface area contributed by atoms with E-state index in [0.717, 1.165) is 42.7 Å². The van der Waals surface area contributed by atoms with Crippen LogP contribution in [0.4, 0.5) is 0 Å². The van der Waals surface area contributed by atoms with E-state index in [0.29, 0.717) is 6.54 Å². The van der Waals surface area contributed by atoms with Crippen LogP contribution in [0.3, 0.4) is 0 Å². The molecule has 0 saturated carbocycles. The van der Waals surface area contributed by atoms with Gasteiger partial charge in [0.2, 0.25) is 5.91 Å². The molecule has 3 N–H and O–H groups in total. The molecule has 1 aliphatic heterocycles. The molecule has 1 amide bonds. The van der Waals surface area contributed by atoms with E-state index >= 15 is 0 Å². The van der Waals surface area contributed by atoms with Crippen LogP contribution >= 0.6 is 0 Å². The molecule has 3 aromatic rings. The Morgan fingerprint density at radius 3 is 2.06 bits per heavy atom. The molecule has 6 nitrogen and oxygen atoms in total. The third-order valence-corrected chi connectivity index (χ3v) is 6.85. The van der Waals surface area contributed by atoms with Gasteiger partial charge in [-0.1, -0.05) is 91.0 Å². The zero-order valence-electron chi connectivity index (χ0n) is 19.9. The number of carbonyl (C=O) groups excluding carboxylic acids is 2. The number of hydrogen-bond donors (Lipinski definition) is 2. The number of rotatable bonds is 11. The first kappa shape index (κ1) is 24.6. The summed E-state index contributed by atoms with van der Waals surface area (Å²) in [6.07, 6.45) is 0.867. The summed E-state index contributed by atoms with van der Waals surface area (Å²) in [6, 6.07) is 29.4. The van der Waals surface area contributed by atoms with E-state index < -0.39 is 5.41 Å². The topological polar surface area (TPSA) is 84.7 Å². The minimum absolute atomic E-state index is 0.0561. The summed E-state index contributed by atoms with van der Waals surface area (Å²) in [5.41, 5.74) is 8.12. The van der Waals surface area contributed by atoms with E-state index in [1.54, 1.807) is 0 Å². The van der Waals surface area contributed by atoms with Crippen molar-refractivity contribution in [3.05, 3.63) is 108 Å². The number of nitrogens with zero attached hydrogens (tertiary/aromatic N) is 1. The average Bonchev–Trinajstić information content (AvgIpc) is 3.36. The molecule has 3 aromatic carbocycles. The lowest BCUT2D eigenvalue weighted by molar-refractivity contribution is -0.143. The molecule has 1 fully saturated rings. The molecular formula is C29H33N3O3. The van der Waals surface area contributed by atoms with Gasteiger partial charge < -0.3 is 20.7 Å². The van der Waals surface area contributed by atoms with E-state index in [1.807, 2.05) is 91.0 Å². The number of hydrogen-bond acceptors (Lipinski definition) is 5. The lowest BCUT2D eigenvalue weighted by Crippen LogP contribution is -2.49. The SMILES string of the molecule is NC(=O)C(c1ccccc1)(c1ccccc1)[C@@H]1CCN(CCNCC(=O)OCc2ccccc2)C1. The summed E-state index contributed by atoms with van der Waals surface area (Å²) in [7, 11) is 0. The normalized spacial score (nSPS) is 16.2. The van der Waals surface area contributed by atoms with Gasteiger partial charge in [0.1, 0.15) is 12.0 Å². The molecule has 6 heteroatoms. The molecule has 0 spiro atoms. The zero-order chi connectivity index (χ0) is 24.5. The number of amides is 1. The molecule has 0 bridgehead atoms. The first-order valence-electron chi connectivity index (χ1n) is 12.1. The van der Waals surface area contributed by atoms with Crippen LogP contribution in [0.2, 0.25) is 0 Å². The van der Waals surface area contributed by atoms with Crippen LogP contribution in [-0.4, -0.2) is 49.5 Å².